The van der Waals surface area contributed by atoms with Crippen molar-refractivity contribution in [2.45, 2.75) is 4.90 Å². The van der Waals surface area contributed by atoms with Gasteiger partial charge in [0.2, 0.25) is 10.0 Å². The summed E-state index contributed by atoms with van der Waals surface area (Å²) in [6.45, 7) is 0. The highest BCUT2D eigenvalue weighted by Gasteiger charge is 2.15. The number of benzene rings is 2. The maximum Gasteiger partial charge on any atom is 0.240 e. The van der Waals surface area contributed by atoms with Crippen LogP contribution in [0.15, 0.2) is 45.8 Å². The maximum absolute atomic E-state index is 11.6. The van der Waals surface area contributed by atoms with E-state index in [0.717, 1.165) is 0 Å². The molecule has 0 radical (unpaired) electrons. The Morgan fingerprint density at radius 3 is 2.35 bits per heavy atom. The molecule has 0 atom stereocenters. The number of sulfonamides is 1. The molecule has 2 aromatic carbocycles. The Bertz CT molecular complexity index is 765. The fraction of sp³-hybridized carbons (Fsp3) is 0. The van der Waals surface area contributed by atoms with Crippen LogP contribution in [-0.4, -0.2) is 8.42 Å². The first kappa shape index (κ1) is 15.1. The summed E-state index contributed by atoms with van der Waals surface area (Å²) in [7, 11) is -3.88. The molecule has 0 bridgehead atoms. The van der Waals surface area contributed by atoms with Gasteiger partial charge in [0.25, 0.3) is 0 Å². The molecule has 2 rings (SSSR count). The van der Waals surface area contributed by atoms with Crippen LogP contribution in [0.1, 0.15) is 0 Å². The van der Waals surface area contributed by atoms with Crippen molar-refractivity contribution >= 4 is 54.6 Å². The van der Waals surface area contributed by atoms with E-state index in [1.54, 1.807) is 30.3 Å². The van der Waals surface area contributed by atoms with E-state index in [1.165, 1.54) is 6.07 Å². The van der Waals surface area contributed by atoms with Gasteiger partial charge in [-0.1, -0.05) is 11.6 Å². The molecule has 0 aliphatic heterocycles. The van der Waals surface area contributed by atoms with E-state index in [2.05, 4.69) is 21.2 Å². The van der Waals surface area contributed by atoms with Gasteiger partial charge in [0, 0.05) is 15.2 Å². The van der Waals surface area contributed by atoms with Gasteiger partial charge in [-0.05, 0) is 52.3 Å². The van der Waals surface area contributed by atoms with E-state index in [1.807, 2.05) is 0 Å². The minimum absolute atomic E-state index is 0.0700. The van der Waals surface area contributed by atoms with Gasteiger partial charge in [-0.25, -0.2) is 13.6 Å². The first-order chi connectivity index (χ1) is 9.27. The van der Waals surface area contributed by atoms with E-state index in [4.69, 9.17) is 22.5 Å². The lowest BCUT2D eigenvalue weighted by Gasteiger charge is -2.13. The van der Waals surface area contributed by atoms with E-state index in [9.17, 15) is 8.42 Å². The normalized spacial score (nSPS) is 11.3. The molecule has 0 spiro atoms. The van der Waals surface area contributed by atoms with Gasteiger partial charge in [-0.15, -0.1) is 0 Å². The van der Waals surface area contributed by atoms with E-state index in [0.29, 0.717) is 26.6 Å². The van der Waals surface area contributed by atoms with Crippen LogP contribution in [0.25, 0.3) is 0 Å². The molecule has 0 saturated heterocycles. The molecule has 0 aliphatic rings. The summed E-state index contributed by atoms with van der Waals surface area (Å²) < 4.78 is 23.9. The van der Waals surface area contributed by atoms with Crippen molar-refractivity contribution < 1.29 is 8.42 Å². The Morgan fingerprint density at radius 2 is 1.75 bits per heavy atom. The lowest BCUT2D eigenvalue weighted by Crippen LogP contribution is -2.14. The van der Waals surface area contributed by atoms with Crippen molar-refractivity contribution in [1.29, 1.82) is 0 Å². The van der Waals surface area contributed by atoms with Crippen molar-refractivity contribution in [3.63, 3.8) is 0 Å². The molecule has 2 aromatic rings. The molecule has 0 heterocycles. The second-order valence-electron chi connectivity index (χ2n) is 4.05. The van der Waals surface area contributed by atoms with Gasteiger partial charge in [0.1, 0.15) is 4.90 Å². The number of hydrogen-bond acceptors (Lipinski definition) is 4. The van der Waals surface area contributed by atoms with Gasteiger partial charge >= 0.3 is 0 Å². The molecule has 0 fully saturated rings. The topological polar surface area (TPSA) is 98.2 Å². The maximum atomic E-state index is 11.6. The molecule has 0 unspecified atom stereocenters. The summed E-state index contributed by atoms with van der Waals surface area (Å²) in [6.07, 6.45) is 0. The first-order valence-corrected chi connectivity index (χ1v) is 8.13. The van der Waals surface area contributed by atoms with Crippen LogP contribution in [0.4, 0.5) is 17.1 Å². The number of nitrogens with one attached hydrogen (secondary N) is 1. The van der Waals surface area contributed by atoms with E-state index < -0.39 is 10.0 Å². The second kappa shape index (κ2) is 5.61. The third kappa shape index (κ3) is 3.43. The average Bonchev–Trinajstić information content (AvgIpc) is 2.33. The summed E-state index contributed by atoms with van der Waals surface area (Å²) >= 11 is 9.20. The highest BCUT2D eigenvalue weighted by atomic mass is 79.9. The van der Waals surface area contributed by atoms with Crippen LogP contribution < -0.4 is 16.2 Å². The summed E-state index contributed by atoms with van der Waals surface area (Å²) in [4.78, 5) is -0.0700. The second-order valence-corrected chi connectivity index (χ2v) is 6.87. The monoisotopic (exact) mass is 375 g/mol. The zero-order valence-electron chi connectivity index (χ0n) is 10.1. The zero-order chi connectivity index (χ0) is 14.9. The summed E-state index contributed by atoms with van der Waals surface area (Å²) in [5.41, 5.74) is 6.90. The van der Waals surface area contributed by atoms with Crippen LogP contribution in [0.5, 0.6) is 0 Å². The number of nitrogen functional groups attached to an aromatic ring is 1. The quantitative estimate of drug-likeness (QED) is 0.717. The van der Waals surface area contributed by atoms with Gasteiger partial charge < -0.3 is 11.1 Å². The number of hydrogen-bond donors (Lipinski definition) is 3. The predicted molar refractivity (Wildman–Crippen MR) is 84.7 cm³/mol. The molecule has 8 heteroatoms. The Balaban J connectivity index is 2.49. The fourth-order valence-corrected chi connectivity index (χ4v) is 3.12. The largest absolute Gasteiger partial charge is 0.399 e. The summed E-state index contributed by atoms with van der Waals surface area (Å²) in [5.74, 6) is 0. The zero-order valence-corrected chi connectivity index (χ0v) is 13.3. The van der Waals surface area contributed by atoms with Gasteiger partial charge in [0.15, 0.2) is 0 Å². The third-order valence-corrected chi connectivity index (χ3v) is 4.35. The third-order valence-electron chi connectivity index (χ3n) is 2.51. The fourth-order valence-electron chi connectivity index (χ4n) is 1.61. The molecule has 106 valence electrons. The van der Waals surface area contributed by atoms with Crippen LogP contribution in [-0.2, 0) is 10.0 Å². The highest BCUT2D eigenvalue weighted by Crippen LogP contribution is 2.31. The molecule has 0 aromatic heterocycles. The standard InChI is InChI=1S/C12H11BrClN3O2S/c13-9-5-7(14)1-3-10(9)17-11-4-2-8(15)6-12(11)20(16,18)19/h1-6,17H,15H2,(H2,16,18,19). The minimum Gasteiger partial charge on any atom is -0.399 e. The van der Waals surface area contributed by atoms with Crippen LogP contribution in [0, 0.1) is 0 Å². The Morgan fingerprint density at radius 1 is 1.10 bits per heavy atom. The van der Waals surface area contributed by atoms with Crippen molar-refractivity contribution in [1.82, 2.24) is 0 Å². The van der Waals surface area contributed by atoms with Gasteiger partial charge in [-0.3, -0.25) is 0 Å². The lowest BCUT2D eigenvalue weighted by atomic mass is 10.2. The van der Waals surface area contributed by atoms with Crippen molar-refractivity contribution in [3.05, 3.63) is 45.9 Å². The number of primary sulfonamides is 1. The molecule has 0 aliphatic carbocycles. The van der Waals surface area contributed by atoms with E-state index in [-0.39, 0.29) is 4.90 Å². The molecule has 5 N–H and O–H groups in total. The molecule has 20 heavy (non-hydrogen) atoms. The van der Waals surface area contributed by atoms with Crippen LogP contribution in [0.3, 0.4) is 0 Å². The number of halogens is 2. The molecular formula is C12H11BrClN3O2S. The van der Waals surface area contributed by atoms with Crippen LogP contribution >= 0.6 is 27.5 Å². The smallest absolute Gasteiger partial charge is 0.240 e. The van der Waals surface area contributed by atoms with Crippen molar-refractivity contribution in [3.8, 4) is 0 Å². The number of anilines is 3. The molecule has 0 amide bonds. The summed E-state index contributed by atoms with van der Waals surface area (Å²) in [5, 5.41) is 8.73. The molecule has 0 saturated carbocycles. The van der Waals surface area contributed by atoms with Crippen LogP contribution in [0.2, 0.25) is 5.02 Å². The highest BCUT2D eigenvalue weighted by molar-refractivity contribution is 9.10. The Labute approximate surface area is 130 Å². The average molecular weight is 377 g/mol. The lowest BCUT2D eigenvalue weighted by molar-refractivity contribution is 0.598. The minimum atomic E-state index is -3.88. The van der Waals surface area contributed by atoms with Crippen molar-refractivity contribution in [2.75, 3.05) is 11.1 Å². The number of rotatable bonds is 3. The SMILES string of the molecule is Nc1ccc(Nc2ccc(Cl)cc2Br)c(S(N)(=O)=O)c1. The van der Waals surface area contributed by atoms with E-state index >= 15 is 0 Å². The van der Waals surface area contributed by atoms with Gasteiger partial charge in [-0.2, -0.15) is 0 Å². The predicted octanol–water partition coefficient (Wildman–Crippen LogP) is 3.08. The molecular weight excluding hydrogens is 366 g/mol. The molecule has 5 nitrogen and oxygen atoms in total. The van der Waals surface area contributed by atoms with Crippen molar-refractivity contribution in [2.24, 2.45) is 5.14 Å². The Hall–Kier alpha value is -1.28. The Kier molecular flexibility index (Phi) is 4.24. The first-order valence-electron chi connectivity index (χ1n) is 5.42. The number of nitrogens with two attached hydrogens (primary N) is 2. The summed E-state index contributed by atoms with van der Waals surface area (Å²) in [6, 6.07) is 9.54. The van der Waals surface area contributed by atoms with Gasteiger partial charge in [0.05, 0.1) is 11.4 Å².